The van der Waals surface area contributed by atoms with Gasteiger partial charge >= 0.3 is 0 Å². The van der Waals surface area contributed by atoms with Gasteiger partial charge in [0.2, 0.25) is 0 Å². The summed E-state index contributed by atoms with van der Waals surface area (Å²) in [6.07, 6.45) is 0. The Labute approximate surface area is 87.7 Å². The number of ketones is 1. The van der Waals surface area contributed by atoms with Gasteiger partial charge in [0.05, 0.1) is 11.4 Å². The third-order valence-electron chi connectivity index (χ3n) is 2.50. The second kappa shape index (κ2) is 3.28. The van der Waals surface area contributed by atoms with E-state index >= 15 is 0 Å². The molecule has 2 rings (SSSR count). The monoisotopic (exact) mass is 200 g/mol. The Balaban J connectivity index is 2.94. The van der Waals surface area contributed by atoms with E-state index in [4.69, 9.17) is 11.5 Å². The van der Waals surface area contributed by atoms with Crippen molar-refractivity contribution < 1.29 is 4.79 Å². The highest BCUT2D eigenvalue weighted by Gasteiger charge is 2.10. The summed E-state index contributed by atoms with van der Waals surface area (Å²) in [4.78, 5) is 11.4. The van der Waals surface area contributed by atoms with E-state index in [9.17, 15) is 4.79 Å². The number of benzene rings is 2. The van der Waals surface area contributed by atoms with Crippen molar-refractivity contribution in [2.75, 3.05) is 11.5 Å². The Morgan fingerprint density at radius 1 is 1.13 bits per heavy atom. The maximum atomic E-state index is 11.4. The summed E-state index contributed by atoms with van der Waals surface area (Å²) in [6.45, 7) is 1.53. The molecule has 0 radical (unpaired) electrons. The average Bonchev–Trinajstić information content (AvgIpc) is 2.23. The minimum atomic E-state index is -0.00194. The molecule has 2 aromatic rings. The number of Topliss-reactive ketones (excluding diaryl/α,β-unsaturated/α-hetero) is 1. The van der Waals surface area contributed by atoms with E-state index in [1.54, 1.807) is 6.07 Å². The van der Waals surface area contributed by atoms with Gasteiger partial charge in [-0.05, 0) is 18.4 Å². The molecule has 76 valence electrons. The van der Waals surface area contributed by atoms with E-state index in [0.717, 1.165) is 10.8 Å². The summed E-state index contributed by atoms with van der Waals surface area (Å²) in [5.74, 6) is -0.00194. The van der Waals surface area contributed by atoms with Gasteiger partial charge in [0.1, 0.15) is 0 Å². The average molecular weight is 200 g/mol. The summed E-state index contributed by atoms with van der Waals surface area (Å²) < 4.78 is 0. The fourth-order valence-corrected chi connectivity index (χ4v) is 1.71. The summed E-state index contributed by atoms with van der Waals surface area (Å²) >= 11 is 0. The molecular formula is C12H12N2O. The smallest absolute Gasteiger partial charge is 0.160 e. The van der Waals surface area contributed by atoms with Crippen LogP contribution in [0, 0.1) is 0 Å². The highest BCUT2D eigenvalue weighted by atomic mass is 16.1. The summed E-state index contributed by atoms with van der Waals surface area (Å²) in [6, 6.07) is 9.14. The Hall–Kier alpha value is -2.03. The quantitative estimate of drug-likeness (QED) is 0.547. The SMILES string of the molecule is CC(=O)c1cc(N)c(N)c2ccccc12. The Morgan fingerprint density at radius 3 is 2.33 bits per heavy atom. The number of carbonyl (C=O) groups is 1. The van der Waals surface area contributed by atoms with Crippen LogP contribution in [0.15, 0.2) is 30.3 Å². The summed E-state index contributed by atoms with van der Waals surface area (Å²) in [5.41, 5.74) is 13.2. The molecule has 0 aliphatic rings. The highest BCUT2D eigenvalue weighted by molar-refractivity contribution is 6.12. The van der Waals surface area contributed by atoms with Gasteiger partial charge in [0, 0.05) is 10.9 Å². The standard InChI is InChI=1S/C12H12N2O/c1-7(15)10-6-11(13)12(14)9-5-3-2-4-8(9)10/h2-6H,13-14H2,1H3. The molecule has 0 unspecified atom stereocenters. The molecule has 0 fully saturated rings. The number of hydrogen-bond acceptors (Lipinski definition) is 3. The van der Waals surface area contributed by atoms with E-state index in [1.165, 1.54) is 6.92 Å². The molecule has 3 heteroatoms. The van der Waals surface area contributed by atoms with E-state index < -0.39 is 0 Å². The normalized spacial score (nSPS) is 10.5. The van der Waals surface area contributed by atoms with Gasteiger partial charge in [-0.1, -0.05) is 24.3 Å². The first kappa shape index (κ1) is 9.52. The van der Waals surface area contributed by atoms with Crippen molar-refractivity contribution in [3.05, 3.63) is 35.9 Å². The van der Waals surface area contributed by atoms with Crippen LogP contribution in [0.1, 0.15) is 17.3 Å². The van der Waals surface area contributed by atoms with Gasteiger partial charge in [0.25, 0.3) is 0 Å². The van der Waals surface area contributed by atoms with Crippen molar-refractivity contribution in [1.82, 2.24) is 0 Å². The molecule has 15 heavy (non-hydrogen) atoms. The molecule has 4 N–H and O–H groups in total. The number of nitrogens with two attached hydrogens (primary N) is 2. The van der Waals surface area contributed by atoms with Crippen molar-refractivity contribution in [2.45, 2.75) is 6.92 Å². The van der Waals surface area contributed by atoms with Crippen molar-refractivity contribution in [3.63, 3.8) is 0 Å². The second-order valence-corrected chi connectivity index (χ2v) is 3.53. The zero-order valence-corrected chi connectivity index (χ0v) is 8.45. The number of anilines is 2. The van der Waals surface area contributed by atoms with Crippen LogP contribution in [0.5, 0.6) is 0 Å². The van der Waals surface area contributed by atoms with Gasteiger partial charge in [-0.2, -0.15) is 0 Å². The minimum Gasteiger partial charge on any atom is -0.397 e. The van der Waals surface area contributed by atoms with Crippen LogP contribution < -0.4 is 11.5 Å². The molecule has 0 bridgehead atoms. The minimum absolute atomic E-state index is 0.00194. The third-order valence-corrected chi connectivity index (χ3v) is 2.50. The topological polar surface area (TPSA) is 69.1 Å². The van der Waals surface area contributed by atoms with Gasteiger partial charge in [0.15, 0.2) is 5.78 Å². The zero-order chi connectivity index (χ0) is 11.0. The van der Waals surface area contributed by atoms with Crippen LogP contribution in [0.4, 0.5) is 11.4 Å². The van der Waals surface area contributed by atoms with Crippen LogP contribution in [0.25, 0.3) is 10.8 Å². The lowest BCUT2D eigenvalue weighted by atomic mass is 9.99. The second-order valence-electron chi connectivity index (χ2n) is 3.53. The number of hydrogen-bond donors (Lipinski definition) is 2. The number of nitrogen functional groups attached to an aromatic ring is 2. The van der Waals surface area contributed by atoms with Gasteiger partial charge in [-0.3, -0.25) is 4.79 Å². The maximum Gasteiger partial charge on any atom is 0.160 e. The Bertz CT molecular complexity index is 547. The third kappa shape index (κ3) is 1.42. The fraction of sp³-hybridized carbons (Fsp3) is 0.0833. The summed E-state index contributed by atoms with van der Waals surface area (Å²) in [5, 5.41) is 1.69. The fourth-order valence-electron chi connectivity index (χ4n) is 1.71. The Kier molecular flexibility index (Phi) is 2.08. The summed E-state index contributed by atoms with van der Waals surface area (Å²) in [7, 11) is 0. The van der Waals surface area contributed by atoms with Crippen LogP contribution >= 0.6 is 0 Å². The van der Waals surface area contributed by atoms with Gasteiger partial charge in [-0.25, -0.2) is 0 Å². The molecule has 0 atom stereocenters. The van der Waals surface area contributed by atoms with Crippen LogP contribution in [0.3, 0.4) is 0 Å². The zero-order valence-electron chi connectivity index (χ0n) is 8.45. The molecule has 0 saturated carbocycles. The highest BCUT2D eigenvalue weighted by Crippen LogP contribution is 2.30. The first-order chi connectivity index (χ1) is 7.11. The lowest BCUT2D eigenvalue weighted by Gasteiger charge is -2.09. The largest absolute Gasteiger partial charge is 0.397 e. The lowest BCUT2D eigenvalue weighted by Crippen LogP contribution is -2.01. The van der Waals surface area contributed by atoms with E-state index in [1.807, 2.05) is 24.3 Å². The molecule has 2 aromatic carbocycles. The maximum absolute atomic E-state index is 11.4. The lowest BCUT2D eigenvalue weighted by molar-refractivity contribution is 0.101. The molecule has 0 aromatic heterocycles. The molecule has 0 amide bonds. The molecule has 0 aliphatic heterocycles. The molecule has 0 saturated heterocycles. The van der Waals surface area contributed by atoms with Gasteiger partial charge in [-0.15, -0.1) is 0 Å². The number of rotatable bonds is 1. The van der Waals surface area contributed by atoms with Crippen molar-refractivity contribution in [1.29, 1.82) is 0 Å². The van der Waals surface area contributed by atoms with E-state index in [2.05, 4.69) is 0 Å². The molecule has 0 aliphatic carbocycles. The predicted octanol–water partition coefficient (Wildman–Crippen LogP) is 2.21. The number of carbonyl (C=O) groups excluding carboxylic acids is 1. The van der Waals surface area contributed by atoms with E-state index in [0.29, 0.717) is 16.9 Å². The first-order valence-corrected chi connectivity index (χ1v) is 4.69. The molecule has 3 nitrogen and oxygen atoms in total. The molecule has 0 spiro atoms. The van der Waals surface area contributed by atoms with Crippen molar-refractivity contribution >= 4 is 27.9 Å². The number of fused-ring (bicyclic) bond motifs is 1. The van der Waals surface area contributed by atoms with Crippen molar-refractivity contribution in [3.8, 4) is 0 Å². The van der Waals surface area contributed by atoms with Crippen LogP contribution in [0.2, 0.25) is 0 Å². The molecule has 0 heterocycles. The van der Waals surface area contributed by atoms with Gasteiger partial charge < -0.3 is 11.5 Å². The van der Waals surface area contributed by atoms with Crippen LogP contribution in [-0.2, 0) is 0 Å². The first-order valence-electron chi connectivity index (χ1n) is 4.69. The van der Waals surface area contributed by atoms with E-state index in [-0.39, 0.29) is 5.78 Å². The van der Waals surface area contributed by atoms with Crippen LogP contribution in [-0.4, -0.2) is 5.78 Å². The Morgan fingerprint density at radius 2 is 1.73 bits per heavy atom. The molecular weight excluding hydrogens is 188 g/mol. The van der Waals surface area contributed by atoms with Crippen molar-refractivity contribution in [2.24, 2.45) is 0 Å². The predicted molar refractivity (Wildman–Crippen MR) is 62.8 cm³/mol.